The topological polar surface area (TPSA) is 46.6 Å². The molecule has 3 rings (SSSR count). The van der Waals surface area contributed by atoms with Crippen molar-refractivity contribution in [3.05, 3.63) is 77.9 Å². The first-order valence-corrected chi connectivity index (χ1v) is 9.23. The van der Waals surface area contributed by atoms with Gasteiger partial charge in [-0.15, -0.1) is 11.8 Å². The summed E-state index contributed by atoms with van der Waals surface area (Å²) in [6.45, 7) is 0.197. The highest BCUT2D eigenvalue weighted by Crippen LogP contribution is 2.24. The molecule has 0 radical (unpaired) electrons. The number of carbonyl (C=O) groups excluding carboxylic acids is 2. The maximum Gasteiger partial charge on any atom is 0.330 e. The number of thioether (sulfide) groups is 1. The molecule has 1 saturated heterocycles. The fraction of sp³-hybridized carbons (Fsp3) is 0.200. The van der Waals surface area contributed by atoms with Gasteiger partial charge in [-0.05, 0) is 23.8 Å². The zero-order valence-corrected chi connectivity index (χ0v) is 14.5. The van der Waals surface area contributed by atoms with E-state index in [1.165, 1.54) is 0 Å². The van der Waals surface area contributed by atoms with E-state index in [4.69, 9.17) is 4.74 Å². The number of ether oxygens (including phenoxy) is 1. The Labute approximate surface area is 151 Å². The second kappa shape index (κ2) is 8.53. The Balaban J connectivity index is 1.56. The number of carbonyl (C=O) groups is 2. The smallest absolute Gasteiger partial charge is 0.330 e. The van der Waals surface area contributed by atoms with Crippen molar-refractivity contribution < 1.29 is 14.3 Å². The average Bonchev–Trinajstić information content (AvgIpc) is 3.16. The Morgan fingerprint density at radius 3 is 2.48 bits per heavy atom. The van der Waals surface area contributed by atoms with Gasteiger partial charge in [-0.3, -0.25) is 4.79 Å². The predicted octanol–water partition coefficient (Wildman–Crippen LogP) is 3.46. The number of benzene rings is 2. The Bertz CT molecular complexity index is 746. The van der Waals surface area contributed by atoms with Crippen LogP contribution in [0.15, 0.2) is 66.7 Å². The minimum absolute atomic E-state index is 0.132. The Kier molecular flexibility index (Phi) is 5.90. The largest absolute Gasteiger partial charge is 0.460 e. The first-order valence-electron chi connectivity index (χ1n) is 8.07. The van der Waals surface area contributed by atoms with E-state index in [1.807, 2.05) is 54.6 Å². The van der Waals surface area contributed by atoms with Crippen LogP contribution in [0.25, 0.3) is 6.08 Å². The van der Waals surface area contributed by atoms with Crippen LogP contribution in [0, 0.1) is 0 Å². The highest BCUT2D eigenvalue weighted by Gasteiger charge is 2.36. The third-order valence-electron chi connectivity index (χ3n) is 3.87. The number of amides is 1. The minimum Gasteiger partial charge on any atom is -0.460 e. The van der Waals surface area contributed by atoms with E-state index in [0.29, 0.717) is 17.2 Å². The van der Waals surface area contributed by atoms with Gasteiger partial charge in [-0.2, -0.15) is 0 Å². The zero-order chi connectivity index (χ0) is 17.5. The molecule has 0 N–H and O–H groups in total. The zero-order valence-electron chi connectivity index (χ0n) is 13.7. The lowest BCUT2D eigenvalue weighted by atomic mass is 10.2. The molecule has 0 aliphatic carbocycles. The van der Waals surface area contributed by atoms with Crippen LogP contribution in [0.3, 0.4) is 0 Å². The van der Waals surface area contributed by atoms with Crippen LogP contribution in [0.2, 0.25) is 0 Å². The monoisotopic (exact) mass is 353 g/mol. The highest BCUT2D eigenvalue weighted by atomic mass is 32.2. The van der Waals surface area contributed by atoms with Gasteiger partial charge in [0.05, 0.1) is 5.88 Å². The van der Waals surface area contributed by atoms with Gasteiger partial charge in [-0.25, -0.2) is 4.79 Å². The van der Waals surface area contributed by atoms with E-state index in [1.54, 1.807) is 34.9 Å². The summed E-state index contributed by atoms with van der Waals surface area (Å²) in [6, 6.07) is 18.3. The van der Waals surface area contributed by atoms with E-state index in [9.17, 15) is 9.59 Å². The van der Waals surface area contributed by atoms with Crippen molar-refractivity contribution >= 4 is 29.7 Å². The number of hydrogen-bond acceptors (Lipinski definition) is 4. The molecular weight excluding hydrogens is 334 g/mol. The van der Waals surface area contributed by atoms with E-state index >= 15 is 0 Å². The van der Waals surface area contributed by atoms with Crippen LogP contribution < -0.4 is 0 Å². The highest BCUT2D eigenvalue weighted by molar-refractivity contribution is 7.99. The molecule has 1 unspecified atom stereocenters. The van der Waals surface area contributed by atoms with E-state index in [2.05, 4.69) is 0 Å². The quantitative estimate of drug-likeness (QED) is 0.773. The van der Waals surface area contributed by atoms with Crippen LogP contribution in [0.5, 0.6) is 0 Å². The average molecular weight is 353 g/mol. The molecule has 1 fully saturated rings. The lowest BCUT2D eigenvalue weighted by Gasteiger charge is -2.22. The second-order valence-corrected chi connectivity index (χ2v) is 6.60. The maximum atomic E-state index is 12.6. The van der Waals surface area contributed by atoms with E-state index < -0.39 is 6.04 Å². The van der Waals surface area contributed by atoms with Gasteiger partial charge in [-0.1, -0.05) is 54.6 Å². The fourth-order valence-electron chi connectivity index (χ4n) is 2.56. The molecule has 0 spiro atoms. The summed E-state index contributed by atoms with van der Waals surface area (Å²) in [5.74, 6) is 0.590. The molecular formula is C20H19NO3S. The standard InChI is InChI=1S/C20H19NO3S/c22-19(17-11-5-2-6-12-17)21-15-25-14-18(21)20(23)24-13-7-10-16-8-3-1-4-9-16/h1-12,18H,13-15H2/b10-7+. The number of rotatable bonds is 5. The Hall–Kier alpha value is -2.53. The number of hydrogen-bond donors (Lipinski definition) is 0. The van der Waals surface area contributed by atoms with Gasteiger partial charge in [0, 0.05) is 11.3 Å². The van der Waals surface area contributed by atoms with Crippen molar-refractivity contribution in [2.45, 2.75) is 6.04 Å². The lowest BCUT2D eigenvalue weighted by molar-refractivity contribution is -0.146. The Morgan fingerprint density at radius 1 is 1.08 bits per heavy atom. The summed E-state index contributed by atoms with van der Waals surface area (Å²) in [4.78, 5) is 26.5. The molecule has 1 atom stereocenters. The first-order chi connectivity index (χ1) is 12.3. The summed E-state index contributed by atoms with van der Waals surface area (Å²) in [7, 11) is 0. The van der Waals surface area contributed by atoms with Crippen LogP contribution in [-0.2, 0) is 9.53 Å². The van der Waals surface area contributed by atoms with Crippen molar-refractivity contribution in [2.24, 2.45) is 0 Å². The van der Waals surface area contributed by atoms with Crippen LogP contribution >= 0.6 is 11.8 Å². The normalized spacial score (nSPS) is 17.0. The fourth-order valence-corrected chi connectivity index (χ4v) is 3.70. The summed E-state index contributed by atoms with van der Waals surface area (Å²) < 4.78 is 5.33. The summed E-state index contributed by atoms with van der Waals surface area (Å²) in [5.41, 5.74) is 1.64. The van der Waals surface area contributed by atoms with E-state index in [-0.39, 0.29) is 18.5 Å². The molecule has 0 saturated carbocycles. The molecule has 0 bridgehead atoms. The summed E-state index contributed by atoms with van der Waals surface area (Å²) >= 11 is 1.56. The van der Waals surface area contributed by atoms with Gasteiger partial charge in [0.25, 0.3) is 5.91 Å². The molecule has 25 heavy (non-hydrogen) atoms. The molecule has 2 aromatic carbocycles. The number of nitrogens with zero attached hydrogens (tertiary/aromatic N) is 1. The molecule has 1 heterocycles. The Morgan fingerprint density at radius 2 is 1.76 bits per heavy atom. The third kappa shape index (κ3) is 4.51. The van der Waals surface area contributed by atoms with Crippen LogP contribution in [0.4, 0.5) is 0 Å². The molecule has 128 valence electrons. The molecule has 4 nitrogen and oxygen atoms in total. The number of esters is 1. The van der Waals surface area contributed by atoms with Crippen molar-refractivity contribution in [2.75, 3.05) is 18.2 Å². The van der Waals surface area contributed by atoms with E-state index in [0.717, 1.165) is 5.56 Å². The van der Waals surface area contributed by atoms with Gasteiger partial charge in [0.15, 0.2) is 0 Å². The molecule has 2 aromatic rings. The second-order valence-electron chi connectivity index (χ2n) is 5.60. The van der Waals surface area contributed by atoms with Gasteiger partial charge >= 0.3 is 5.97 Å². The molecule has 0 aromatic heterocycles. The molecule has 1 amide bonds. The van der Waals surface area contributed by atoms with Crippen molar-refractivity contribution in [1.29, 1.82) is 0 Å². The van der Waals surface area contributed by atoms with Crippen LogP contribution in [-0.4, -0.2) is 41.1 Å². The SMILES string of the molecule is O=C(OC/C=C/c1ccccc1)C1CSCN1C(=O)c1ccccc1. The third-order valence-corrected chi connectivity index (χ3v) is 4.88. The molecule has 1 aliphatic rings. The molecule has 5 heteroatoms. The van der Waals surface area contributed by atoms with Gasteiger partial charge in [0.2, 0.25) is 0 Å². The van der Waals surface area contributed by atoms with Crippen LogP contribution in [0.1, 0.15) is 15.9 Å². The van der Waals surface area contributed by atoms with Crippen molar-refractivity contribution in [1.82, 2.24) is 4.90 Å². The van der Waals surface area contributed by atoms with Gasteiger partial charge in [0.1, 0.15) is 12.6 Å². The maximum absolute atomic E-state index is 12.6. The minimum atomic E-state index is -0.525. The van der Waals surface area contributed by atoms with Crippen molar-refractivity contribution in [3.63, 3.8) is 0 Å². The summed E-state index contributed by atoms with van der Waals surface area (Å²) in [6.07, 6.45) is 3.71. The predicted molar refractivity (Wildman–Crippen MR) is 100 cm³/mol. The lowest BCUT2D eigenvalue weighted by Crippen LogP contribution is -2.42. The summed E-state index contributed by atoms with van der Waals surface area (Å²) in [5, 5.41) is 0. The molecule has 1 aliphatic heterocycles. The van der Waals surface area contributed by atoms with Crippen molar-refractivity contribution in [3.8, 4) is 0 Å². The van der Waals surface area contributed by atoms with Gasteiger partial charge < -0.3 is 9.64 Å². The first kappa shape index (κ1) is 17.3.